The fourth-order valence-electron chi connectivity index (χ4n) is 3.85. The number of hydrogen-bond donors (Lipinski definition) is 1. The van der Waals surface area contributed by atoms with Gasteiger partial charge in [0, 0.05) is 22.2 Å². The van der Waals surface area contributed by atoms with Crippen LogP contribution >= 0.6 is 11.6 Å². The number of hydrogen-bond acceptors (Lipinski definition) is 3. The molecule has 3 aromatic carbocycles. The first kappa shape index (κ1) is 22.2. The van der Waals surface area contributed by atoms with E-state index in [2.05, 4.69) is 5.32 Å². The molecule has 1 aromatic heterocycles. The maximum Gasteiger partial charge on any atom is 0.253 e. The summed E-state index contributed by atoms with van der Waals surface area (Å²) in [5, 5.41) is 4.30. The molecule has 1 N–H and O–H groups in total. The van der Waals surface area contributed by atoms with Crippen molar-refractivity contribution < 1.29 is 9.00 Å². The Kier molecular flexibility index (Phi) is 6.68. The lowest BCUT2D eigenvalue weighted by Gasteiger charge is -2.20. The Labute approximate surface area is 195 Å². The minimum absolute atomic E-state index is 0.169. The molecule has 162 valence electrons. The lowest BCUT2D eigenvalue weighted by molar-refractivity contribution is 0.0934. The third-order valence-electron chi connectivity index (χ3n) is 5.38. The number of carbonyl (C=O) groups is 1. The van der Waals surface area contributed by atoms with Crippen LogP contribution in [-0.4, -0.2) is 21.4 Å². The summed E-state index contributed by atoms with van der Waals surface area (Å²) >= 11 is 6.24. The molecule has 32 heavy (non-hydrogen) atoms. The fourth-order valence-corrected chi connectivity index (χ4v) is 4.95. The molecule has 1 heterocycles. The van der Waals surface area contributed by atoms with E-state index in [1.54, 1.807) is 24.5 Å². The molecule has 0 aliphatic heterocycles. The average molecular weight is 463 g/mol. The van der Waals surface area contributed by atoms with E-state index in [0.29, 0.717) is 32.1 Å². The Balaban J connectivity index is 1.93. The summed E-state index contributed by atoms with van der Waals surface area (Å²) in [5.41, 5.74) is 3.30. The summed E-state index contributed by atoms with van der Waals surface area (Å²) < 4.78 is 13.0. The predicted molar refractivity (Wildman–Crippen MR) is 131 cm³/mol. The van der Waals surface area contributed by atoms with Crippen molar-refractivity contribution in [2.75, 3.05) is 6.26 Å². The fraction of sp³-hybridized carbons (Fsp3) is 0.154. The average Bonchev–Trinajstić information content (AvgIpc) is 2.82. The van der Waals surface area contributed by atoms with Crippen molar-refractivity contribution in [3.63, 3.8) is 0 Å². The number of aromatic nitrogens is 1. The summed E-state index contributed by atoms with van der Waals surface area (Å²) in [6.45, 7) is 2.02. The molecule has 1 amide bonds. The second kappa shape index (κ2) is 9.63. The van der Waals surface area contributed by atoms with Crippen LogP contribution in [0.4, 0.5) is 0 Å². The van der Waals surface area contributed by atoms with Crippen molar-refractivity contribution in [1.82, 2.24) is 10.3 Å². The quantitative estimate of drug-likeness (QED) is 0.372. The molecule has 2 atom stereocenters. The standard InChI is InChI=1S/C26H23ClN2O2S/c1-3-21(17-10-6-4-7-11-17)29-26(30)23-20-15-14-19(27)16-22(20)28-24(25(23)32(2)31)18-12-8-5-9-13-18/h4-16,21H,3H2,1-2H3,(H,29,30)/t21-,32?/m0/s1. The van der Waals surface area contributed by atoms with Crippen LogP contribution in [0.2, 0.25) is 5.02 Å². The van der Waals surface area contributed by atoms with Gasteiger partial charge in [0.1, 0.15) is 0 Å². The van der Waals surface area contributed by atoms with Gasteiger partial charge in [-0.15, -0.1) is 0 Å². The number of rotatable bonds is 6. The van der Waals surface area contributed by atoms with Crippen molar-refractivity contribution >= 4 is 39.2 Å². The van der Waals surface area contributed by atoms with Crippen LogP contribution in [0.15, 0.2) is 83.8 Å². The molecular weight excluding hydrogens is 440 g/mol. The van der Waals surface area contributed by atoms with E-state index >= 15 is 0 Å². The van der Waals surface area contributed by atoms with E-state index in [1.807, 2.05) is 67.6 Å². The van der Waals surface area contributed by atoms with Crippen LogP contribution in [0, 0.1) is 0 Å². The highest BCUT2D eigenvalue weighted by molar-refractivity contribution is 7.84. The second-order valence-electron chi connectivity index (χ2n) is 7.49. The molecule has 0 fully saturated rings. The van der Waals surface area contributed by atoms with Crippen molar-refractivity contribution in [3.05, 3.63) is 95.0 Å². The number of halogens is 1. The first-order valence-electron chi connectivity index (χ1n) is 10.4. The Hall–Kier alpha value is -3.02. The molecule has 0 saturated carbocycles. The first-order valence-corrected chi connectivity index (χ1v) is 12.3. The van der Waals surface area contributed by atoms with Crippen molar-refractivity contribution in [2.24, 2.45) is 0 Å². The van der Waals surface area contributed by atoms with Crippen molar-refractivity contribution in [1.29, 1.82) is 0 Å². The zero-order valence-corrected chi connectivity index (χ0v) is 19.4. The van der Waals surface area contributed by atoms with Gasteiger partial charge >= 0.3 is 0 Å². The van der Waals surface area contributed by atoms with Crippen LogP contribution in [0.5, 0.6) is 0 Å². The molecule has 1 unspecified atom stereocenters. The molecular formula is C26H23ClN2O2S. The van der Waals surface area contributed by atoms with Crippen LogP contribution < -0.4 is 5.32 Å². The van der Waals surface area contributed by atoms with Gasteiger partial charge in [0.2, 0.25) is 0 Å². The van der Waals surface area contributed by atoms with Crippen LogP contribution in [0.25, 0.3) is 22.2 Å². The highest BCUT2D eigenvalue weighted by Gasteiger charge is 2.25. The summed E-state index contributed by atoms with van der Waals surface area (Å²) in [7, 11) is -1.45. The largest absolute Gasteiger partial charge is 0.345 e. The molecule has 4 rings (SSSR count). The minimum atomic E-state index is -1.45. The van der Waals surface area contributed by atoms with Crippen LogP contribution in [0.3, 0.4) is 0 Å². The molecule has 4 aromatic rings. The number of amides is 1. The molecule has 0 aliphatic carbocycles. The Morgan fingerprint density at radius 2 is 1.69 bits per heavy atom. The van der Waals surface area contributed by atoms with Gasteiger partial charge < -0.3 is 5.32 Å². The van der Waals surface area contributed by atoms with E-state index in [9.17, 15) is 9.00 Å². The van der Waals surface area contributed by atoms with Gasteiger partial charge in [0.05, 0.1) is 38.5 Å². The SMILES string of the molecule is CC[C@H](NC(=O)c1c(S(C)=O)c(-c2ccccc2)nc2cc(Cl)ccc12)c1ccccc1. The number of pyridine rings is 1. The number of nitrogens with zero attached hydrogens (tertiary/aromatic N) is 1. The Morgan fingerprint density at radius 3 is 2.31 bits per heavy atom. The van der Waals surface area contributed by atoms with Crippen molar-refractivity contribution in [3.8, 4) is 11.3 Å². The first-order chi connectivity index (χ1) is 15.5. The molecule has 0 spiro atoms. The highest BCUT2D eigenvalue weighted by Crippen LogP contribution is 2.34. The Bertz CT molecular complexity index is 1290. The van der Waals surface area contributed by atoms with Gasteiger partial charge in [-0.1, -0.05) is 85.3 Å². The maximum absolute atomic E-state index is 13.7. The summed E-state index contributed by atoms with van der Waals surface area (Å²) in [5.74, 6) is -0.280. The van der Waals surface area contributed by atoms with Gasteiger partial charge in [0.25, 0.3) is 5.91 Å². The third-order valence-corrected chi connectivity index (χ3v) is 6.59. The van der Waals surface area contributed by atoms with Gasteiger partial charge in [-0.25, -0.2) is 4.98 Å². The zero-order chi connectivity index (χ0) is 22.7. The van der Waals surface area contributed by atoms with Crippen molar-refractivity contribution in [2.45, 2.75) is 24.3 Å². The molecule has 6 heteroatoms. The maximum atomic E-state index is 13.7. The summed E-state index contributed by atoms with van der Waals surface area (Å²) in [6, 6.07) is 24.4. The normalized spacial score (nSPS) is 13.0. The van der Waals surface area contributed by atoms with E-state index < -0.39 is 10.8 Å². The van der Waals surface area contributed by atoms with E-state index in [0.717, 1.165) is 17.5 Å². The number of fused-ring (bicyclic) bond motifs is 1. The molecule has 0 aliphatic rings. The minimum Gasteiger partial charge on any atom is -0.345 e. The number of carbonyl (C=O) groups excluding carboxylic acids is 1. The number of benzene rings is 3. The zero-order valence-electron chi connectivity index (χ0n) is 17.8. The van der Waals surface area contributed by atoms with Gasteiger partial charge in [-0.05, 0) is 24.1 Å². The molecule has 0 saturated heterocycles. The van der Waals surface area contributed by atoms with E-state index in [1.165, 1.54) is 0 Å². The topological polar surface area (TPSA) is 59.1 Å². The smallest absolute Gasteiger partial charge is 0.253 e. The third kappa shape index (κ3) is 4.45. The second-order valence-corrected chi connectivity index (χ2v) is 9.24. The predicted octanol–water partition coefficient (Wildman–Crippen LogP) is 6.17. The lowest BCUT2D eigenvalue weighted by atomic mass is 10.0. The van der Waals surface area contributed by atoms with Gasteiger partial charge in [0.15, 0.2) is 0 Å². The van der Waals surface area contributed by atoms with Crippen LogP contribution in [-0.2, 0) is 10.8 Å². The Morgan fingerprint density at radius 1 is 1.03 bits per heavy atom. The molecule has 0 radical (unpaired) electrons. The molecule has 4 nitrogen and oxygen atoms in total. The molecule has 0 bridgehead atoms. The van der Waals surface area contributed by atoms with Gasteiger partial charge in [-0.2, -0.15) is 0 Å². The highest BCUT2D eigenvalue weighted by atomic mass is 35.5. The van der Waals surface area contributed by atoms with E-state index in [-0.39, 0.29) is 11.9 Å². The number of nitrogens with one attached hydrogen (secondary N) is 1. The lowest BCUT2D eigenvalue weighted by Crippen LogP contribution is -2.29. The summed E-state index contributed by atoms with van der Waals surface area (Å²) in [6.07, 6.45) is 2.30. The monoisotopic (exact) mass is 462 g/mol. The van der Waals surface area contributed by atoms with Gasteiger partial charge in [-0.3, -0.25) is 9.00 Å². The van der Waals surface area contributed by atoms with E-state index in [4.69, 9.17) is 16.6 Å². The summed E-state index contributed by atoms with van der Waals surface area (Å²) in [4.78, 5) is 18.9. The van der Waals surface area contributed by atoms with Crippen LogP contribution in [0.1, 0.15) is 35.3 Å².